The van der Waals surface area contributed by atoms with Gasteiger partial charge in [0.05, 0.1) is 29.5 Å². The number of para-hydroxylation sites is 1. The zero-order valence-electron chi connectivity index (χ0n) is 15.3. The number of aryl methyl sites for hydroxylation is 2. The van der Waals surface area contributed by atoms with Crippen LogP contribution in [0.3, 0.4) is 0 Å². The van der Waals surface area contributed by atoms with E-state index in [0.717, 1.165) is 49.9 Å². The maximum atomic E-state index is 12.3. The van der Waals surface area contributed by atoms with Crippen LogP contribution in [-0.2, 0) is 11.3 Å². The lowest BCUT2D eigenvalue weighted by atomic mass is 10.3. The number of hydrogen-bond acceptors (Lipinski definition) is 5. The van der Waals surface area contributed by atoms with Gasteiger partial charge in [-0.1, -0.05) is 23.7 Å². The molecule has 0 bridgehead atoms. The smallest absolute Gasteiger partial charge is 0.238 e. The van der Waals surface area contributed by atoms with E-state index in [1.165, 1.54) is 0 Å². The van der Waals surface area contributed by atoms with E-state index in [0.29, 0.717) is 23.8 Å². The standard InChI is InChI=1S/C19H25ClN4O2/c1-14-15(2)26-19(21-14)13-24-9-5-8-23(10-11-24)12-18(25)22-17-7-4-3-6-16(17)20/h3-4,6-7H,5,8-13H2,1-2H3,(H,22,25). The molecule has 1 fully saturated rings. The molecule has 0 unspecified atom stereocenters. The molecule has 1 N–H and O–H groups in total. The van der Waals surface area contributed by atoms with Gasteiger partial charge >= 0.3 is 0 Å². The molecule has 0 atom stereocenters. The number of nitrogens with one attached hydrogen (secondary N) is 1. The van der Waals surface area contributed by atoms with Crippen LogP contribution < -0.4 is 5.32 Å². The van der Waals surface area contributed by atoms with E-state index in [2.05, 4.69) is 20.1 Å². The van der Waals surface area contributed by atoms with E-state index in [4.69, 9.17) is 16.0 Å². The Morgan fingerprint density at radius 2 is 1.92 bits per heavy atom. The highest BCUT2D eigenvalue weighted by atomic mass is 35.5. The second-order valence-electron chi connectivity index (χ2n) is 6.68. The van der Waals surface area contributed by atoms with Crippen LogP contribution in [0.25, 0.3) is 0 Å². The van der Waals surface area contributed by atoms with Gasteiger partial charge in [0.2, 0.25) is 11.8 Å². The van der Waals surface area contributed by atoms with Crippen molar-refractivity contribution < 1.29 is 9.21 Å². The molecule has 26 heavy (non-hydrogen) atoms. The van der Waals surface area contributed by atoms with Crippen molar-refractivity contribution in [1.82, 2.24) is 14.8 Å². The van der Waals surface area contributed by atoms with Crippen molar-refractivity contribution in [3.63, 3.8) is 0 Å². The van der Waals surface area contributed by atoms with Crippen LogP contribution in [-0.4, -0.2) is 53.4 Å². The zero-order valence-corrected chi connectivity index (χ0v) is 16.1. The number of benzene rings is 1. The van der Waals surface area contributed by atoms with E-state index in [1.54, 1.807) is 6.07 Å². The molecule has 1 aromatic heterocycles. The minimum atomic E-state index is -0.0366. The summed E-state index contributed by atoms with van der Waals surface area (Å²) in [4.78, 5) is 21.3. The van der Waals surface area contributed by atoms with Crippen LogP contribution in [0, 0.1) is 13.8 Å². The first-order chi connectivity index (χ1) is 12.5. The average molecular weight is 377 g/mol. The maximum absolute atomic E-state index is 12.3. The summed E-state index contributed by atoms with van der Waals surface area (Å²) in [5.41, 5.74) is 1.61. The van der Waals surface area contributed by atoms with Gasteiger partial charge in [0.25, 0.3) is 0 Å². The van der Waals surface area contributed by atoms with Gasteiger partial charge in [-0.05, 0) is 45.5 Å². The second-order valence-corrected chi connectivity index (χ2v) is 7.09. The van der Waals surface area contributed by atoms with Crippen molar-refractivity contribution in [3.05, 3.63) is 46.6 Å². The van der Waals surface area contributed by atoms with Crippen LogP contribution in [0.2, 0.25) is 5.02 Å². The Labute approximate surface area is 159 Å². The highest BCUT2D eigenvalue weighted by molar-refractivity contribution is 6.33. The predicted octanol–water partition coefficient (Wildman–Crippen LogP) is 3.09. The molecule has 2 aromatic rings. The fourth-order valence-corrected chi connectivity index (χ4v) is 3.28. The number of nitrogens with zero attached hydrogens (tertiary/aromatic N) is 3. The first kappa shape index (κ1) is 18.9. The quantitative estimate of drug-likeness (QED) is 0.868. The summed E-state index contributed by atoms with van der Waals surface area (Å²) < 4.78 is 5.68. The number of anilines is 1. The molecule has 0 radical (unpaired) electrons. The van der Waals surface area contributed by atoms with Crippen molar-refractivity contribution in [2.45, 2.75) is 26.8 Å². The lowest BCUT2D eigenvalue weighted by molar-refractivity contribution is -0.117. The summed E-state index contributed by atoms with van der Waals surface area (Å²) in [5.74, 6) is 1.61. The molecule has 6 nitrogen and oxygen atoms in total. The normalized spacial score (nSPS) is 16.4. The van der Waals surface area contributed by atoms with Gasteiger partial charge in [-0.2, -0.15) is 0 Å². The molecule has 2 heterocycles. The monoisotopic (exact) mass is 376 g/mol. The Hall–Kier alpha value is -1.89. The third-order valence-electron chi connectivity index (χ3n) is 4.63. The van der Waals surface area contributed by atoms with E-state index >= 15 is 0 Å². The Bertz CT molecular complexity index is 742. The van der Waals surface area contributed by atoms with Crippen LogP contribution in [0.15, 0.2) is 28.7 Å². The van der Waals surface area contributed by atoms with E-state index in [1.807, 2.05) is 32.0 Å². The summed E-state index contributed by atoms with van der Waals surface area (Å²) in [7, 11) is 0. The Balaban J connectivity index is 1.49. The maximum Gasteiger partial charge on any atom is 0.238 e. The fraction of sp³-hybridized carbons (Fsp3) is 0.474. The largest absolute Gasteiger partial charge is 0.444 e. The molecule has 0 spiro atoms. The van der Waals surface area contributed by atoms with E-state index < -0.39 is 0 Å². The minimum Gasteiger partial charge on any atom is -0.444 e. The lowest BCUT2D eigenvalue weighted by Gasteiger charge is -2.20. The summed E-state index contributed by atoms with van der Waals surface area (Å²) >= 11 is 6.10. The van der Waals surface area contributed by atoms with Crippen LogP contribution in [0.5, 0.6) is 0 Å². The number of halogens is 1. The summed E-state index contributed by atoms with van der Waals surface area (Å²) in [6.45, 7) is 8.59. The number of oxazole rings is 1. The van der Waals surface area contributed by atoms with E-state index in [9.17, 15) is 4.79 Å². The van der Waals surface area contributed by atoms with Crippen LogP contribution in [0.1, 0.15) is 23.8 Å². The molecule has 7 heteroatoms. The summed E-state index contributed by atoms with van der Waals surface area (Å²) in [6.07, 6.45) is 1.01. The van der Waals surface area contributed by atoms with Crippen molar-refractivity contribution in [1.29, 1.82) is 0 Å². The zero-order chi connectivity index (χ0) is 18.5. The number of amides is 1. The molecule has 1 aliphatic rings. The molecular formula is C19H25ClN4O2. The van der Waals surface area contributed by atoms with E-state index in [-0.39, 0.29) is 5.91 Å². The highest BCUT2D eigenvalue weighted by Crippen LogP contribution is 2.20. The molecule has 1 aromatic carbocycles. The third-order valence-corrected chi connectivity index (χ3v) is 4.96. The number of aromatic nitrogens is 1. The summed E-state index contributed by atoms with van der Waals surface area (Å²) in [5, 5.41) is 3.44. The van der Waals surface area contributed by atoms with Gasteiger partial charge < -0.3 is 9.73 Å². The molecule has 0 saturated carbocycles. The van der Waals surface area contributed by atoms with Crippen molar-refractivity contribution in [2.75, 3.05) is 38.0 Å². The Morgan fingerprint density at radius 1 is 1.19 bits per heavy atom. The SMILES string of the molecule is Cc1nc(CN2CCCN(CC(=O)Nc3ccccc3Cl)CC2)oc1C. The van der Waals surface area contributed by atoms with Gasteiger partial charge in [-0.15, -0.1) is 0 Å². The van der Waals surface area contributed by atoms with Crippen molar-refractivity contribution in [3.8, 4) is 0 Å². The average Bonchev–Trinajstić information content (AvgIpc) is 2.78. The Morgan fingerprint density at radius 3 is 2.65 bits per heavy atom. The fourth-order valence-electron chi connectivity index (χ4n) is 3.09. The first-order valence-electron chi connectivity index (χ1n) is 8.93. The Kier molecular flexibility index (Phi) is 6.29. The molecule has 1 aliphatic heterocycles. The number of rotatable bonds is 5. The number of carbonyl (C=O) groups excluding carboxylic acids is 1. The highest BCUT2D eigenvalue weighted by Gasteiger charge is 2.19. The van der Waals surface area contributed by atoms with Crippen molar-refractivity contribution >= 4 is 23.2 Å². The number of hydrogen-bond donors (Lipinski definition) is 1. The second kappa shape index (κ2) is 8.66. The molecule has 3 rings (SSSR count). The number of carbonyl (C=O) groups is 1. The first-order valence-corrected chi connectivity index (χ1v) is 9.31. The van der Waals surface area contributed by atoms with Crippen LogP contribution >= 0.6 is 11.6 Å². The topological polar surface area (TPSA) is 61.6 Å². The van der Waals surface area contributed by atoms with Crippen LogP contribution in [0.4, 0.5) is 5.69 Å². The van der Waals surface area contributed by atoms with Gasteiger partial charge in [-0.25, -0.2) is 4.98 Å². The predicted molar refractivity (Wildman–Crippen MR) is 102 cm³/mol. The molecule has 1 saturated heterocycles. The minimum absolute atomic E-state index is 0.0366. The molecule has 1 amide bonds. The molecular weight excluding hydrogens is 352 g/mol. The van der Waals surface area contributed by atoms with Gasteiger partial charge in [0, 0.05) is 13.1 Å². The van der Waals surface area contributed by atoms with Gasteiger partial charge in [0.1, 0.15) is 5.76 Å². The molecule has 0 aliphatic carbocycles. The lowest BCUT2D eigenvalue weighted by Crippen LogP contribution is -2.36. The summed E-state index contributed by atoms with van der Waals surface area (Å²) in [6, 6.07) is 7.29. The van der Waals surface area contributed by atoms with Gasteiger partial charge in [0.15, 0.2) is 0 Å². The van der Waals surface area contributed by atoms with Gasteiger partial charge in [-0.3, -0.25) is 14.6 Å². The molecule has 140 valence electrons. The third kappa shape index (κ3) is 5.06. The van der Waals surface area contributed by atoms with Crippen molar-refractivity contribution in [2.24, 2.45) is 0 Å².